The van der Waals surface area contributed by atoms with Crippen molar-refractivity contribution >= 4 is 74.6 Å². The average molecular weight is 869 g/mol. The quantitative estimate of drug-likeness (QED) is 0.113. The van der Waals surface area contributed by atoms with Crippen LogP contribution in [0.25, 0.3) is 85.5 Å². The van der Waals surface area contributed by atoms with Crippen LogP contribution in [0, 0.1) is 0 Å². The predicted molar refractivity (Wildman–Crippen MR) is 267 cm³/mol. The van der Waals surface area contributed by atoms with E-state index in [1.165, 1.54) is 20.2 Å². The summed E-state index contributed by atoms with van der Waals surface area (Å²) in [6.45, 7) is 0.934. The smallest absolute Gasteiger partial charge is 0.128 e. The molecule has 0 unspecified atom stereocenters. The average Bonchev–Trinajstić information content (AvgIpc) is 3.72. The summed E-state index contributed by atoms with van der Waals surface area (Å²) in [6, 6.07) is 63.0. The molecule has 0 aliphatic heterocycles. The summed E-state index contributed by atoms with van der Waals surface area (Å²) in [5.41, 5.74) is 5.93. The molecule has 0 atom stereocenters. The van der Waals surface area contributed by atoms with Crippen LogP contribution in [0.15, 0.2) is 182 Å². The SMILES string of the molecule is OCCOc1ccc2ccccc2c1-c1c(OCc2ccc3sc4ccc(COc5ccc6ccccc6c5-c5c(OCCO)ccc6ccccc56)cc4c3c2)ccc2ccccc12. The van der Waals surface area contributed by atoms with Crippen LogP contribution >= 0.6 is 11.3 Å². The molecule has 10 aromatic carbocycles. The molecule has 65 heavy (non-hydrogen) atoms. The van der Waals surface area contributed by atoms with E-state index in [0.29, 0.717) is 24.7 Å². The molecule has 0 amide bonds. The number of fused-ring (bicyclic) bond motifs is 7. The second-order valence-electron chi connectivity index (χ2n) is 16.1. The van der Waals surface area contributed by atoms with Crippen LogP contribution < -0.4 is 18.9 Å². The Bertz CT molecular complexity index is 3320. The van der Waals surface area contributed by atoms with Crippen molar-refractivity contribution in [1.82, 2.24) is 0 Å². The van der Waals surface area contributed by atoms with Crippen molar-refractivity contribution in [2.45, 2.75) is 13.2 Å². The highest BCUT2D eigenvalue weighted by atomic mass is 32.1. The van der Waals surface area contributed by atoms with Gasteiger partial charge in [0.05, 0.1) is 13.2 Å². The van der Waals surface area contributed by atoms with Crippen LogP contribution in [0.2, 0.25) is 0 Å². The van der Waals surface area contributed by atoms with Gasteiger partial charge in [-0.2, -0.15) is 0 Å². The molecular formula is C58H44O6S. The summed E-state index contributed by atoms with van der Waals surface area (Å²) in [7, 11) is 0. The molecule has 0 aliphatic rings. The normalized spacial score (nSPS) is 11.6. The Morgan fingerprint density at radius 3 is 0.985 bits per heavy atom. The van der Waals surface area contributed by atoms with E-state index in [0.717, 1.165) is 88.0 Å². The lowest BCUT2D eigenvalue weighted by Crippen LogP contribution is -2.04. The summed E-state index contributed by atoms with van der Waals surface area (Å²) in [4.78, 5) is 0. The molecule has 1 heterocycles. The fourth-order valence-electron chi connectivity index (χ4n) is 9.20. The molecule has 11 aromatic rings. The first-order chi connectivity index (χ1) is 32.1. The minimum absolute atomic E-state index is 0.0833. The monoisotopic (exact) mass is 868 g/mol. The number of benzene rings is 10. The lowest BCUT2D eigenvalue weighted by Gasteiger charge is -2.20. The molecule has 11 rings (SSSR count). The molecule has 6 nitrogen and oxygen atoms in total. The molecule has 0 bridgehead atoms. The Morgan fingerprint density at radius 1 is 0.323 bits per heavy atom. The third kappa shape index (κ3) is 7.64. The largest absolute Gasteiger partial charge is 0.491 e. The number of aliphatic hydroxyl groups excluding tert-OH is 2. The van der Waals surface area contributed by atoms with Gasteiger partial charge in [0.15, 0.2) is 0 Å². The second kappa shape index (κ2) is 17.6. The standard InChI is InChI=1S/C58H44O6S/c59-29-31-61-49-23-19-39-9-1-5-13-43(39)55(49)57-45-15-7-3-11-41(45)21-25-51(57)63-35-37-17-27-53-47(33-37)48-34-38(18-28-54(48)65-53)36-64-52-26-22-42-12-4-8-16-46(42)58(52)56-44-14-6-2-10-40(44)20-24-50(56)62-32-30-60/h1-28,33-34,59-60H,29-32,35-36H2. The van der Waals surface area contributed by atoms with Gasteiger partial charge in [-0.15, -0.1) is 11.3 Å². The van der Waals surface area contributed by atoms with E-state index in [1.807, 2.05) is 36.4 Å². The Labute approximate surface area is 380 Å². The Kier molecular flexibility index (Phi) is 10.9. The van der Waals surface area contributed by atoms with Crippen molar-refractivity contribution in [2.75, 3.05) is 26.4 Å². The first-order valence-corrected chi connectivity index (χ1v) is 22.7. The second-order valence-corrected chi connectivity index (χ2v) is 17.2. The molecule has 0 aliphatic carbocycles. The zero-order chi connectivity index (χ0) is 43.7. The topological polar surface area (TPSA) is 77.4 Å². The van der Waals surface area contributed by atoms with Crippen molar-refractivity contribution in [3.63, 3.8) is 0 Å². The van der Waals surface area contributed by atoms with E-state index < -0.39 is 0 Å². The van der Waals surface area contributed by atoms with Gasteiger partial charge in [0.2, 0.25) is 0 Å². The molecule has 0 saturated carbocycles. The van der Waals surface area contributed by atoms with Gasteiger partial charge >= 0.3 is 0 Å². The van der Waals surface area contributed by atoms with Gasteiger partial charge in [-0.05, 0) is 103 Å². The summed E-state index contributed by atoms with van der Waals surface area (Å²) in [5, 5.41) is 30.4. The molecular weight excluding hydrogens is 825 g/mol. The van der Waals surface area contributed by atoms with Crippen molar-refractivity contribution in [2.24, 2.45) is 0 Å². The number of thiophene rings is 1. The number of hydrogen-bond acceptors (Lipinski definition) is 7. The summed E-state index contributed by atoms with van der Waals surface area (Å²) in [6.07, 6.45) is 0. The van der Waals surface area contributed by atoms with Crippen LogP contribution in [0.5, 0.6) is 23.0 Å². The first-order valence-electron chi connectivity index (χ1n) is 21.9. The molecule has 0 radical (unpaired) electrons. The zero-order valence-electron chi connectivity index (χ0n) is 35.5. The van der Waals surface area contributed by atoms with Crippen LogP contribution in [-0.2, 0) is 13.2 Å². The minimum atomic E-state index is -0.0833. The van der Waals surface area contributed by atoms with Crippen LogP contribution in [0.1, 0.15) is 11.1 Å². The fraction of sp³-hybridized carbons (Fsp3) is 0.103. The first kappa shape index (κ1) is 40.4. The van der Waals surface area contributed by atoms with Gasteiger partial charge in [-0.3, -0.25) is 0 Å². The molecule has 0 spiro atoms. The number of ether oxygens (including phenoxy) is 4. The van der Waals surface area contributed by atoms with E-state index in [9.17, 15) is 10.2 Å². The summed E-state index contributed by atoms with van der Waals surface area (Å²) < 4.78 is 28.5. The lowest BCUT2D eigenvalue weighted by molar-refractivity contribution is 0.202. The number of hydrogen-bond donors (Lipinski definition) is 2. The predicted octanol–water partition coefficient (Wildman–Crippen LogP) is 13.9. The third-order valence-corrected chi connectivity index (χ3v) is 13.3. The summed E-state index contributed by atoms with van der Waals surface area (Å²) in [5.74, 6) is 2.92. The van der Waals surface area contributed by atoms with Crippen molar-refractivity contribution in [3.05, 3.63) is 193 Å². The maximum Gasteiger partial charge on any atom is 0.128 e. The van der Waals surface area contributed by atoms with E-state index in [4.69, 9.17) is 18.9 Å². The molecule has 0 fully saturated rings. The maximum absolute atomic E-state index is 9.73. The van der Waals surface area contributed by atoms with Gasteiger partial charge in [-0.25, -0.2) is 0 Å². The van der Waals surface area contributed by atoms with Gasteiger partial charge < -0.3 is 29.2 Å². The van der Waals surface area contributed by atoms with E-state index in [1.54, 1.807) is 11.3 Å². The maximum atomic E-state index is 9.73. The lowest BCUT2D eigenvalue weighted by atomic mass is 9.92. The number of rotatable bonds is 14. The molecule has 0 saturated heterocycles. The summed E-state index contributed by atoms with van der Waals surface area (Å²) >= 11 is 1.78. The minimum Gasteiger partial charge on any atom is -0.491 e. The Hall–Kier alpha value is -7.42. The number of aliphatic hydroxyl groups is 2. The fourth-order valence-corrected chi connectivity index (χ4v) is 10.3. The Morgan fingerprint density at radius 2 is 0.646 bits per heavy atom. The van der Waals surface area contributed by atoms with E-state index in [-0.39, 0.29) is 26.4 Å². The molecule has 2 N–H and O–H groups in total. The van der Waals surface area contributed by atoms with Gasteiger partial charge in [0.25, 0.3) is 0 Å². The Balaban J connectivity index is 0.934. The van der Waals surface area contributed by atoms with Crippen LogP contribution in [-0.4, -0.2) is 36.6 Å². The van der Waals surface area contributed by atoms with E-state index >= 15 is 0 Å². The van der Waals surface area contributed by atoms with Crippen molar-refractivity contribution < 1.29 is 29.2 Å². The van der Waals surface area contributed by atoms with Crippen LogP contribution in [0.4, 0.5) is 0 Å². The molecule has 1 aromatic heterocycles. The third-order valence-electron chi connectivity index (χ3n) is 12.1. The molecule has 318 valence electrons. The highest BCUT2D eigenvalue weighted by molar-refractivity contribution is 7.25. The van der Waals surface area contributed by atoms with Gasteiger partial charge in [0.1, 0.15) is 49.4 Å². The van der Waals surface area contributed by atoms with Crippen molar-refractivity contribution in [3.8, 4) is 45.3 Å². The van der Waals surface area contributed by atoms with E-state index in [2.05, 4.69) is 146 Å². The van der Waals surface area contributed by atoms with Crippen LogP contribution in [0.3, 0.4) is 0 Å². The highest BCUT2D eigenvalue weighted by Gasteiger charge is 2.21. The van der Waals surface area contributed by atoms with Gasteiger partial charge in [-0.1, -0.05) is 133 Å². The van der Waals surface area contributed by atoms with Crippen molar-refractivity contribution in [1.29, 1.82) is 0 Å². The highest BCUT2D eigenvalue weighted by Crippen LogP contribution is 2.48. The molecule has 7 heteroatoms. The zero-order valence-corrected chi connectivity index (χ0v) is 36.3. The van der Waals surface area contributed by atoms with Gasteiger partial charge in [0, 0.05) is 42.4 Å².